The van der Waals surface area contributed by atoms with E-state index < -0.39 is 31.1 Å². The van der Waals surface area contributed by atoms with Crippen molar-refractivity contribution >= 4 is 17.9 Å². The number of imide groups is 1. The molecule has 8 nitrogen and oxygen atoms in total. The summed E-state index contributed by atoms with van der Waals surface area (Å²) in [5.74, 6) is -1.90. The van der Waals surface area contributed by atoms with Crippen LogP contribution in [-0.4, -0.2) is 56.0 Å². The van der Waals surface area contributed by atoms with Crippen molar-refractivity contribution in [3.63, 3.8) is 0 Å². The van der Waals surface area contributed by atoms with Crippen LogP contribution in [0.15, 0.2) is 0 Å². The number of urea groups is 1. The average Bonchev–Trinajstić information content (AvgIpc) is 2.16. The smallest absolute Gasteiger partial charge is 0.329 e. The standard InChI is InChI=1S/C9H16N2O6/c1-6(3-16-2)10-9(15)11-7(12)4-17-5-8(13)14/h6H,3-5H2,1-2H3,(H,13,14)(H2,10,11,12,15). The molecule has 0 aromatic rings. The zero-order valence-corrected chi connectivity index (χ0v) is 9.69. The van der Waals surface area contributed by atoms with Gasteiger partial charge in [0.25, 0.3) is 5.91 Å². The van der Waals surface area contributed by atoms with Gasteiger partial charge in [0.05, 0.1) is 12.6 Å². The molecule has 0 spiro atoms. The number of hydrogen-bond donors (Lipinski definition) is 3. The Morgan fingerprint density at radius 3 is 2.47 bits per heavy atom. The predicted molar refractivity (Wildman–Crippen MR) is 56.5 cm³/mol. The first-order valence-electron chi connectivity index (χ1n) is 4.84. The maximum atomic E-state index is 11.2. The van der Waals surface area contributed by atoms with Gasteiger partial charge >= 0.3 is 12.0 Å². The molecular formula is C9H16N2O6. The third-order valence-electron chi connectivity index (χ3n) is 1.51. The second kappa shape index (κ2) is 8.48. The van der Waals surface area contributed by atoms with E-state index >= 15 is 0 Å². The van der Waals surface area contributed by atoms with Gasteiger partial charge in [0.15, 0.2) is 0 Å². The summed E-state index contributed by atoms with van der Waals surface area (Å²) in [6, 6.07) is -0.925. The summed E-state index contributed by atoms with van der Waals surface area (Å²) in [5, 5.41) is 12.7. The van der Waals surface area contributed by atoms with Crippen LogP contribution in [0, 0.1) is 0 Å². The van der Waals surface area contributed by atoms with E-state index in [2.05, 4.69) is 10.1 Å². The highest BCUT2D eigenvalue weighted by Gasteiger charge is 2.11. The van der Waals surface area contributed by atoms with E-state index in [-0.39, 0.29) is 6.04 Å². The van der Waals surface area contributed by atoms with Gasteiger partial charge in [-0.1, -0.05) is 0 Å². The molecule has 17 heavy (non-hydrogen) atoms. The van der Waals surface area contributed by atoms with Crippen LogP contribution in [0.1, 0.15) is 6.92 Å². The summed E-state index contributed by atoms with van der Waals surface area (Å²) < 4.78 is 9.28. The lowest BCUT2D eigenvalue weighted by Gasteiger charge is -2.12. The normalized spacial score (nSPS) is 11.6. The van der Waals surface area contributed by atoms with Crippen LogP contribution in [-0.2, 0) is 19.1 Å². The number of carboxylic acid groups (broad SMARTS) is 1. The molecule has 0 aliphatic rings. The van der Waals surface area contributed by atoms with Gasteiger partial charge in [-0.25, -0.2) is 9.59 Å². The quantitative estimate of drug-likeness (QED) is 0.529. The second-order valence-electron chi connectivity index (χ2n) is 3.26. The molecule has 0 saturated heterocycles. The third-order valence-corrected chi connectivity index (χ3v) is 1.51. The number of nitrogens with one attached hydrogen (secondary N) is 2. The van der Waals surface area contributed by atoms with Gasteiger partial charge < -0.3 is 19.9 Å². The van der Waals surface area contributed by atoms with Crippen LogP contribution in [0.2, 0.25) is 0 Å². The van der Waals surface area contributed by atoms with E-state index in [1.54, 1.807) is 6.92 Å². The van der Waals surface area contributed by atoms with Gasteiger partial charge in [-0.2, -0.15) is 0 Å². The van der Waals surface area contributed by atoms with E-state index in [9.17, 15) is 14.4 Å². The molecule has 0 aromatic carbocycles. The van der Waals surface area contributed by atoms with Gasteiger partial charge in [-0.05, 0) is 6.92 Å². The van der Waals surface area contributed by atoms with Gasteiger partial charge in [0.2, 0.25) is 0 Å². The van der Waals surface area contributed by atoms with Gasteiger partial charge in [0.1, 0.15) is 13.2 Å². The number of amides is 3. The van der Waals surface area contributed by atoms with Gasteiger partial charge in [0, 0.05) is 7.11 Å². The maximum absolute atomic E-state index is 11.2. The first-order valence-corrected chi connectivity index (χ1v) is 4.84. The summed E-state index contributed by atoms with van der Waals surface area (Å²) >= 11 is 0. The fourth-order valence-corrected chi connectivity index (χ4v) is 0.945. The first kappa shape index (κ1) is 15.3. The van der Waals surface area contributed by atoms with Crippen molar-refractivity contribution in [2.24, 2.45) is 0 Å². The van der Waals surface area contributed by atoms with Crippen LogP contribution < -0.4 is 10.6 Å². The van der Waals surface area contributed by atoms with Crippen molar-refractivity contribution in [1.29, 1.82) is 0 Å². The summed E-state index contributed by atoms with van der Waals surface area (Å²) in [4.78, 5) is 32.3. The largest absolute Gasteiger partial charge is 0.480 e. The van der Waals surface area contributed by atoms with Crippen LogP contribution in [0.5, 0.6) is 0 Å². The Bertz CT molecular complexity index is 281. The van der Waals surface area contributed by atoms with E-state index in [0.29, 0.717) is 6.61 Å². The maximum Gasteiger partial charge on any atom is 0.329 e. The minimum absolute atomic E-state index is 0.243. The van der Waals surface area contributed by atoms with Crippen molar-refractivity contribution in [1.82, 2.24) is 10.6 Å². The van der Waals surface area contributed by atoms with Gasteiger partial charge in [-0.15, -0.1) is 0 Å². The Hall–Kier alpha value is -1.67. The summed E-state index contributed by atoms with van der Waals surface area (Å²) in [7, 11) is 1.49. The predicted octanol–water partition coefficient (Wildman–Crippen LogP) is -1.05. The highest BCUT2D eigenvalue weighted by atomic mass is 16.5. The van der Waals surface area contributed by atoms with Crippen molar-refractivity contribution in [2.45, 2.75) is 13.0 Å². The monoisotopic (exact) mass is 248 g/mol. The molecule has 0 aromatic heterocycles. The molecule has 0 fully saturated rings. The lowest BCUT2D eigenvalue weighted by Crippen LogP contribution is -2.46. The number of rotatable bonds is 7. The summed E-state index contributed by atoms with van der Waals surface area (Å²) in [5.41, 5.74) is 0. The Balaban J connectivity index is 3.72. The van der Waals surface area contributed by atoms with E-state index in [1.165, 1.54) is 7.11 Å². The summed E-state index contributed by atoms with van der Waals surface area (Å²) in [6.07, 6.45) is 0. The van der Waals surface area contributed by atoms with Crippen molar-refractivity contribution in [3.8, 4) is 0 Å². The Kier molecular flexibility index (Phi) is 7.65. The minimum atomic E-state index is -1.18. The molecule has 0 aliphatic carbocycles. The Morgan fingerprint density at radius 1 is 1.29 bits per heavy atom. The molecule has 0 radical (unpaired) electrons. The van der Waals surface area contributed by atoms with Crippen molar-refractivity contribution < 1.29 is 29.0 Å². The first-order chi connectivity index (χ1) is 7.95. The number of carbonyl (C=O) groups excluding carboxylic acids is 2. The SMILES string of the molecule is COCC(C)NC(=O)NC(=O)COCC(=O)O. The third kappa shape index (κ3) is 9.27. The highest BCUT2D eigenvalue weighted by molar-refractivity contribution is 5.95. The second-order valence-corrected chi connectivity index (χ2v) is 3.26. The molecule has 0 bridgehead atoms. The lowest BCUT2D eigenvalue weighted by molar-refractivity contribution is -0.143. The zero-order valence-electron chi connectivity index (χ0n) is 9.69. The molecule has 3 N–H and O–H groups in total. The lowest BCUT2D eigenvalue weighted by atomic mass is 10.4. The Labute approximate surface area is 98.3 Å². The van der Waals surface area contributed by atoms with E-state index in [4.69, 9.17) is 9.84 Å². The number of hydrogen-bond acceptors (Lipinski definition) is 5. The molecule has 0 heterocycles. The van der Waals surface area contributed by atoms with Crippen LogP contribution in [0.25, 0.3) is 0 Å². The van der Waals surface area contributed by atoms with Gasteiger partial charge in [-0.3, -0.25) is 10.1 Å². The van der Waals surface area contributed by atoms with Crippen LogP contribution in [0.3, 0.4) is 0 Å². The number of carbonyl (C=O) groups is 3. The van der Waals surface area contributed by atoms with Crippen LogP contribution >= 0.6 is 0 Å². The fraction of sp³-hybridized carbons (Fsp3) is 0.667. The zero-order chi connectivity index (χ0) is 13.3. The summed E-state index contributed by atoms with van der Waals surface area (Å²) in [6.45, 7) is 0.944. The minimum Gasteiger partial charge on any atom is -0.480 e. The number of ether oxygens (including phenoxy) is 2. The van der Waals surface area contributed by atoms with Crippen molar-refractivity contribution in [2.75, 3.05) is 26.9 Å². The fourth-order valence-electron chi connectivity index (χ4n) is 0.945. The average molecular weight is 248 g/mol. The molecule has 98 valence electrons. The number of aliphatic carboxylic acids is 1. The van der Waals surface area contributed by atoms with Crippen LogP contribution in [0.4, 0.5) is 4.79 Å². The molecule has 3 amide bonds. The molecule has 8 heteroatoms. The number of methoxy groups -OCH3 is 1. The van der Waals surface area contributed by atoms with E-state index in [1.807, 2.05) is 5.32 Å². The molecule has 1 unspecified atom stereocenters. The van der Waals surface area contributed by atoms with Crippen molar-refractivity contribution in [3.05, 3.63) is 0 Å². The molecule has 1 atom stereocenters. The molecule has 0 aliphatic heterocycles. The molecular weight excluding hydrogens is 232 g/mol. The highest BCUT2D eigenvalue weighted by Crippen LogP contribution is 1.82. The Morgan fingerprint density at radius 2 is 1.94 bits per heavy atom. The topological polar surface area (TPSA) is 114 Å². The molecule has 0 rings (SSSR count). The van der Waals surface area contributed by atoms with E-state index in [0.717, 1.165) is 0 Å². The molecule has 0 saturated carbocycles. The number of carboxylic acids is 1.